The number of carbonyl (C=O) groups is 3. The van der Waals surface area contributed by atoms with Crippen LogP contribution in [0.15, 0.2) is 125 Å². The standard InChI is InChI=1S/C50H59ClN8O8S2/c1-56(2)27-26-40(35-68-41-13-6-5-7-14-41)52-44-24-23-42(33-47(44)59(64)65)69(66,67)55-50(62)37-20-25-46(45(32-37)53-48(60)16-8-3-4-9-17-49(61)54-63)58-30-28-57(29-31-58)34-38-12-10-11-15-43(38)36-18-21-39(51)22-19-36/h5-7,10-15,18-25,32-33,40,52,63H,3-4,8-9,16-17,26-31,34-35H2,1-2H3,(H,53,60)(H,54,61)(H,55,62). The molecule has 0 aliphatic carbocycles. The van der Waals surface area contributed by atoms with Crippen molar-refractivity contribution in [2.45, 2.75) is 67.3 Å². The third-order valence-electron chi connectivity index (χ3n) is 11.7. The number of amides is 3. The van der Waals surface area contributed by atoms with Crippen LogP contribution in [0.2, 0.25) is 5.02 Å². The monoisotopic (exact) mass is 998 g/mol. The van der Waals surface area contributed by atoms with Crippen LogP contribution in [0.4, 0.5) is 22.7 Å². The molecule has 0 spiro atoms. The number of anilines is 3. The van der Waals surface area contributed by atoms with E-state index in [0.29, 0.717) is 93.5 Å². The van der Waals surface area contributed by atoms with Gasteiger partial charge in [-0.25, -0.2) is 18.6 Å². The fourth-order valence-corrected chi connectivity index (χ4v) is 10.1. The fraction of sp³-hybridized carbons (Fsp3) is 0.340. The predicted molar refractivity (Wildman–Crippen MR) is 273 cm³/mol. The van der Waals surface area contributed by atoms with Crippen LogP contribution < -0.4 is 25.7 Å². The Labute approximate surface area is 413 Å². The van der Waals surface area contributed by atoms with Crippen molar-refractivity contribution >= 4 is 73.9 Å². The van der Waals surface area contributed by atoms with E-state index in [0.717, 1.165) is 22.1 Å². The van der Waals surface area contributed by atoms with Gasteiger partial charge in [-0.1, -0.05) is 79.0 Å². The molecule has 1 atom stereocenters. The zero-order chi connectivity index (χ0) is 49.3. The molecule has 0 aromatic heterocycles. The highest BCUT2D eigenvalue weighted by molar-refractivity contribution is 7.99. The Hall–Kier alpha value is -6.02. The summed E-state index contributed by atoms with van der Waals surface area (Å²) in [5, 5.41) is 28.0. The van der Waals surface area contributed by atoms with Gasteiger partial charge in [-0.15, -0.1) is 11.8 Å². The summed E-state index contributed by atoms with van der Waals surface area (Å²) in [7, 11) is -0.738. The summed E-state index contributed by atoms with van der Waals surface area (Å²) in [5.41, 5.74) is 5.60. The van der Waals surface area contributed by atoms with Crippen LogP contribution in [0, 0.1) is 10.1 Å². The molecule has 5 aromatic carbocycles. The summed E-state index contributed by atoms with van der Waals surface area (Å²) in [6, 6.07) is 33.7. The van der Waals surface area contributed by atoms with Crippen LogP contribution in [0.1, 0.15) is 60.9 Å². The minimum absolute atomic E-state index is 0.0512. The first-order valence-corrected chi connectivity index (χ1v) is 25.7. The van der Waals surface area contributed by atoms with Gasteiger partial charge in [-0.3, -0.25) is 34.6 Å². The molecule has 3 amide bonds. The second-order valence-electron chi connectivity index (χ2n) is 17.1. The van der Waals surface area contributed by atoms with Gasteiger partial charge in [0.25, 0.3) is 21.6 Å². The van der Waals surface area contributed by atoms with E-state index in [-0.39, 0.29) is 36.0 Å². The molecular formula is C50H59ClN8O8S2. The molecule has 69 heavy (non-hydrogen) atoms. The van der Waals surface area contributed by atoms with Gasteiger partial charge in [0.1, 0.15) is 5.69 Å². The van der Waals surface area contributed by atoms with Crippen molar-refractivity contribution in [3.05, 3.63) is 142 Å². The number of hydrogen-bond donors (Lipinski definition) is 5. The number of carbonyl (C=O) groups excluding carboxylic acids is 3. The van der Waals surface area contributed by atoms with Crippen LogP contribution in [0.3, 0.4) is 0 Å². The molecule has 1 aliphatic rings. The molecule has 1 aliphatic heterocycles. The molecule has 366 valence electrons. The van der Waals surface area contributed by atoms with Crippen LogP contribution in [-0.4, -0.2) is 105 Å². The van der Waals surface area contributed by atoms with E-state index in [1.165, 1.54) is 29.8 Å². The van der Waals surface area contributed by atoms with E-state index >= 15 is 0 Å². The van der Waals surface area contributed by atoms with Gasteiger partial charge in [0.15, 0.2) is 0 Å². The number of nitro benzene ring substituents is 1. The van der Waals surface area contributed by atoms with Crippen LogP contribution in [-0.2, 0) is 26.2 Å². The molecule has 0 radical (unpaired) electrons. The first-order chi connectivity index (χ1) is 33.2. The second kappa shape index (κ2) is 25.5. The third-order valence-corrected chi connectivity index (χ3v) is 14.4. The molecule has 6 rings (SSSR count). The van der Waals surface area contributed by atoms with Gasteiger partial charge >= 0.3 is 0 Å². The smallest absolute Gasteiger partial charge is 0.293 e. The Kier molecular flexibility index (Phi) is 19.4. The molecule has 0 bridgehead atoms. The van der Waals surface area contributed by atoms with Crippen LogP contribution in [0.25, 0.3) is 11.1 Å². The number of nitrogens with one attached hydrogen (secondary N) is 4. The highest BCUT2D eigenvalue weighted by atomic mass is 35.5. The van der Waals surface area contributed by atoms with E-state index < -0.39 is 37.3 Å². The normalized spacial score (nSPS) is 13.4. The lowest BCUT2D eigenvalue weighted by atomic mass is 9.99. The summed E-state index contributed by atoms with van der Waals surface area (Å²) < 4.78 is 29.6. The van der Waals surface area contributed by atoms with E-state index in [1.54, 1.807) is 23.3 Å². The number of sulfonamides is 1. The van der Waals surface area contributed by atoms with Crippen molar-refractivity contribution in [3.8, 4) is 11.1 Å². The number of unbranched alkanes of at least 4 members (excludes halogenated alkanes) is 3. The number of thioether (sulfide) groups is 1. The number of hydroxylamine groups is 1. The maximum atomic E-state index is 13.8. The maximum Gasteiger partial charge on any atom is 0.293 e. The molecule has 1 unspecified atom stereocenters. The van der Waals surface area contributed by atoms with Crippen molar-refractivity contribution in [2.75, 3.05) is 68.1 Å². The Bertz CT molecular complexity index is 2650. The molecule has 5 N–H and O–H groups in total. The Morgan fingerprint density at radius 3 is 2.19 bits per heavy atom. The quantitative estimate of drug-likeness (QED) is 0.0129. The van der Waals surface area contributed by atoms with Crippen molar-refractivity contribution in [1.82, 2.24) is 20.0 Å². The molecule has 1 saturated heterocycles. The van der Waals surface area contributed by atoms with Crippen LogP contribution >= 0.6 is 23.4 Å². The van der Waals surface area contributed by atoms with Gasteiger partial charge in [0.05, 0.1) is 21.2 Å². The first-order valence-electron chi connectivity index (χ1n) is 22.8. The van der Waals surface area contributed by atoms with Gasteiger partial charge in [0, 0.05) is 78.9 Å². The molecule has 1 fully saturated rings. The van der Waals surface area contributed by atoms with E-state index in [4.69, 9.17) is 16.8 Å². The molecule has 16 nitrogen and oxygen atoms in total. The first kappa shape index (κ1) is 52.4. The number of nitro groups is 1. The molecule has 5 aromatic rings. The predicted octanol–water partition coefficient (Wildman–Crippen LogP) is 8.67. The Balaban J connectivity index is 1.16. The minimum Gasteiger partial charge on any atom is -0.376 e. The summed E-state index contributed by atoms with van der Waals surface area (Å²) in [6.45, 7) is 4.00. The van der Waals surface area contributed by atoms with Gasteiger partial charge in [0.2, 0.25) is 11.8 Å². The fourth-order valence-electron chi connectivity index (χ4n) is 7.94. The van der Waals surface area contributed by atoms with Gasteiger partial charge < -0.3 is 20.4 Å². The number of hydrogen-bond acceptors (Lipinski definition) is 13. The zero-order valence-electron chi connectivity index (χ0n) is 38.7. The number of piperazine rings is 1. The number of benzene rings is 5. The average molecular weight is 1000 g/mol. The number of halogens is 1. The van der Waals surface area contributed by atoms with Crippen molar-refractivity contribution in [1.29, 1.82) is 0 Å². The van der Waals surface area contributed by atoms with Gasteiger partial charge in [-0.2, -0.15) is 0 Å². The van der Waals surface area contributed by atoms with Gasteiger partial charge in [-0.05, 0) is 111 Å². The highest BCUT2D eigenvalue weighted by Crippen LogP contribution is 2.33. The largest absolute Gasteiger partial charge is 0.376 e. The van der Waals surface area contributed by atoms with E-state index in [1.807, 2.05) is 85.7 Å². The lowest BCUT2D eigenvalue weighted by Crippen LogP contribution is -2.46. The lowest BCUT2D eigenvalue weighted by Gasteiger charge is -2.37. The summed E-state index contributed by atoms with van der Waals surface area (Å²) >= 11 is 7.77. The van der Waals surface area contributed by atoms with Crippen molar-refractivity contribution in [2.24, 2.45) is 0 Å². The minimum atomic E-state index is -4.62. The van der Waals surface area contributed by atoms with Crippen molar-refractivity contribution in [3.63, 3.8) is 0 Å². The zero-order valence-corrected chi connectivity index (χ0v) is 41.1. The third kappa shape index (κ3) is 15.8. The summed E-state index contributed by atoms with van der Waals surface area (Å²) in [4.78, 5) is 57.3. The Morgan fingerprint density at radius 1 is 0.826 bits per heavy atom. The molecule has 1 heterocycles. The molecule has 0 saturated carbocycles. The molecular weight excluding hydrogens is 940 g/mol. The topological polar surface area (TPSA) is 207 Å². The lowest BCUT2D eigenvalue weighted by molar-refractivity contribution is -0.384. The van der Waals surface area contributed by atoms with Crippen LogP contribution in [0.5, 0.6) is 0 Å². The average Bonchev–Trinajstić information content (AvgIpc) is 3.34. The highest BCUT2D eigenvalue weighted by Gasteiger charge is 2.27. The van der Waals surface area contributed by atoms with E-state index in [2.05, 4.69) is 37.3 Å². The molecule has 19 heteroatoms. The maximum absolute atomic E-state index is 13.8. The van der Waals surface area contributed by atoms with E-state index in [9.17, 15) is 32.9 Å². The number of nitrogens with zero attached hydrogens (tertiary/aromatic N) is 4. The number of rotatable bonds is 24. The van der Waals surface area contributed by atoms with Crippen molar-refractivity contribution < 1.29 is 32.9 Å². The summed E-state index contributed by atoms with van der Waals surface area (Å²) in [6.07, 6.45) is 3.41. The SMILES string of the molecule is CN(C)CCC(CSc1ccccc1)Nc1ccc(S(=O)(=O)NC(=O)c2ccc(N3CCN(Cc4ccccc4-c4ccc(Cl)cc4)CC3)c(NC(=O)CCCCCCC(=O)NO)c2)cc1[N+](=O)[O-]. The summed E-state index contributed by atoms with van der Waals surface area (Å²) in [5.74, 6) is -1.17. The Morgan fingerprint density at radius 2 is 1.51 bits per heavy atom. The second-order valence-corrected chi connectivity index (χ2v) is 20.3.